The van der Waals surface area contributed by atoms with Crippen LogP contribution in [0.3, 0.4) is 0 Å². The van der Waals surface area contributed by atoms with Gasteiger partial charge in [0.15, 0.2) is 5.78 Å². The van der Waals surface area contributed by atoms with Crippen LogP contribution in [-0.4, -0.2) is 19.5 Å². The third kappa shape index (κ3) is 3.23. The highest BCUT2D eigenvalue weighted by molar-refractivity contribution is 7.12. The molecule has 0 aliphatic heterocycles. The van der Waals surface area contributed by atoms with Crippen molar-refractivity contribution in [2.75, 3.05) is 13.7 Å². The molecule has 1 atom stereocenters. The Morgan fingerprint density at radius 2 is 2.05 bits per heavy atom. The number of carbonyl (C=O) groups is 1. The summed E-state index contributed by atoms with van der Waals surface area (Å²) in [7, 11) is 1.51. The molecule has 4 nitrogen and oxygen atoms in total. The van der Waals surface area contributed by atoms with Gasteiger partial charge in [-0.15, -0.1) is 11.3 Å². The molecule has 0 radical (unpaired) electrons. The molecule has 1 aromatic heterocycles. The van der Waals surface area contributed by atoms with Crippen LogP contribution in [0.5, 0.6) is 11.5 Å². The van der Waals surface area contributed by atoms with Gasteiger partial charge in [0.25, 0.3) is 0 Å². The monoisotopic (exact) mass is 301 g/mol. The molecule has 0 saturated carbocycles. The number of rotatable bonds is 6. The lowest BCUT2D eigenvalue weighted by atomic mass is 9.95. The first-order chi connectivity index (χ1) is 10.2. The zero-order chi connectivity index (χ0) is 15.2. The molecule has 5 heteroatoms. The van der Waals surface area contributed by atoms with Gasteiger partial charge >= 0.3 is 0 Å². The van der Waals surface area contributed by atoms with E-state index in [-0.39, 0.29) is 5.78 Å². The summed E-state index contributed by atoms with van der Waals surface area (Å²) in [5.41, 5.74) is 0.654. The van der Waals surface area contributed by atoms with Gasteiger partial charge < -0.3 is 9.47 Å². The molecule has 108 valence electrons. The first-order valence-electron chi connectivity index (χ1n) is 6.49. The minimum Gasteiger partial charge on any atom is -0.495 e. The maximum Gasteiger partial charge on any atom is 0.198 e. The Morgan fingerprint density at radius 1 is 1.33 bits per heavy atom. The minimum atomic E-state index is -0.840. The molecule has 1 heterocycles. The van der Waals surface area contributed by atoms with Crippen LogP contribution in [0.15, 0.2) is 35.7 Å². The Hall–Kier alpha value is -2.32. The zero-order valence-electron chi connectivity index (χ0n) is 11.8. The van der Waals surface area contributed by atoms with Crippen molar-refractivity contribution in [3.8, 4) is 17.6 Å². The minimum absolute atomic E-state index is 0.242. The number of hydrogen-bond donors (Lipinski definition) is 0. The summed E-state index contributed by atoms with van der Waals surface area (Å²) in [6.45, 7) is 2.48. The molecule has 1 aromatic carbocycles. The van der Waals surface area contributed by atoms with Crippen molar-refractivity contribution in [3.05, 3.63) is 46.2 Å². The highest BCUT2D eigenvalue weighted by Gasteiger charge is 2.25. The Labute approximate surface area is 127 Å². The van der Waals surface area contributed by atoms with Gasteiger partial charge in [0.1, 0.15) is 22.3 Å². The molecule has 0 bridgehead atoms. The van der Waals surface area contributed by atoms with E-state index < -0.39 is 5.92 Å². The summed E-state index contributed by atoms with van der Waals surface area (Å²) < 4.78 is 10.5. The van der Waals surface area contributed by atoms with Crippen molar-refractivity contribution < 1.29 is 14.3 Å². The van der Waals surface area contributed by atoms with E-state index in [1.807, 2.05) is 6.92 Å². The van der Waals surface area contributed by atoms with Crippen LogP contribution in [0.1, 0.15) is 28.1 Å². The molecular weight excluding hydrogens is 286 g/mol. The average molecular weight is 301 g/mol. The number of Topliss-reactive ketones (excluding diaryl/α,β-unsaturated/α-hetero) is 1. The third-order valence-electron chi connectivity index (χ3n) is 2.99. The molecule has 0 aliphatic rings. The Bertz CT molecular complexity index is 655. The number of hydrogen-bond acceptors (Lipinski definition) is 5. The summed E-state index contributed by atoms with van der Waals surface area (Å²) in [6.07, 6.45) is 0. The van der Waals surface area contributed by atoms with Gasteiger partial charge in [-0.3, -0.25) is 4.79 Å². The highest BCUT2D eigenvalue weighted by atomic mass is 32.1. The lowest BCUT2D eigenvalue weighted by molar-refractivity contribution is 0.0980. The van der Waals surface area contributed by atoms with Gasteiger partial charge in [0, 0.05) is 0 Å². The zero-order valence-corrected chi connectivity index (χ0v) is 12.6. The van der Waals surface area contributed by atoms with Crippen LogP contribution >= 0.6 is 11.3 Å². The fourth-order valence-electron chi connectivity index (χ4n) is 1.98. The molecule has 1 unspecified atom stereocenters. The first kappa shape index (κ1) is 15.1. The highest BCUT2D eigenvalue weighted by Crippen LogP contribution is 2.31. The van der Waals surface area contributed by atoms with E-state index in [9.17, 15) is 10.1 Å². The van der Waals surface area contributed by atoms with E-state index in [0.717, 1.165) is 5.75 Å². The lowest BCUT2D eigenvalue weighted by Crippen LogP contribution is -2.10. The normalized spacial score (nSPS) is 11.5. The molecule has 0 spiro atoms. The Balaban J connectivity index is 2.27. The van der Waals surface area contributed by atoms with Crippen LogP contribution in [0, 0.1) is 11.3 Å². The van der Waals surface area contributed by atoms with Crippen molar-refractivity contribution in [1.29, 1.82) is 5.26 Å². The summed E-state index contributed by atoms with van der Waals surface area (Å²) >= 11 is 1.28. The number of methoxy groups -OCH3 is 1. The largest absolute Gasteiger partial charge is 0.495 e. The van der Waals surface area contributed by atoms with Crippen molar-refractivity contribution >= 4 is 17.1 Å². The molecule has 0 aliphatic carbocycles. The number of nitrogens with zero attached hydrogens (tertiary/aromatic N) is 1. The second kappa shape index (κ2) is 6.91. The van der Waals surface area contributed by atoms with Crippen molar-refractivity contribution in [1.82, 2.24) is 0 Å². The van der Waals surface area contributed by atoms with Gasteiger partial charge in [0.2, 0.25) is 0 Å². The smallest absolute Gasteiger partial charge is 0.198 e. The van der Waals surface area contributed by atoms with Gasteiger partial charge in [0.05, 0.1) is 19.8 Å². The lowest BCUT2D eigenvalue weighted by Gasteiger charge is -2.10. The van der Waals surface area contributed by atoms with Gasteiger partial charge in [-0.05, 0) is 36.1 Å². The maximum absolute atomic E-state index is 12.5. The SMILES string of the molecule is CCOc1ccc(C(C#N)C(=O)c2sccc2OC)cc1. The van der Waals surface area contributed by atoms with Gasteiger partial charge in [-0.1, -0.05) is 12.1 Å². The number of carbonyl (C=O) groups excluding carboxylic acids is 1. The van der Waals surface area contributed by atoms with Gasteiger partial charge in [-0.2, -0.15) is 5.26 Å². The van der Waals surface area contributed by atoms with Crippen molar-refractivity contribution in [2.24, 2.45) is 0 Å². The van der Waals surface area contributed by atoms with Crippen LogP contribution < -0.4 is 9.47 Å². The summed E-state index contributed by atoms with van der Waals surface area (Å²) in [5.74, 6) is 0.150. The number of ether oxygens (including phenoxy) is 2. The standard InChI is InChI=1S/C16H15NO3S/c1-3-20-12-6-4-11(5-7-12)13(10-17)15(18)16-14(19-2)8-9-21-16/h4-9,13H,3H2,1-2H3. The Morgan fingerprint density at radius 3 is 2.62 bits per heavy atom. The third-order valence-corrected chi connectivity index (χ3v) is 3.90. The molecule has 0 N–H and O–H groups in total. The van der Waals surface area contributed by atoms with E-state index in [2.05, 4.69) is 6.07 Å². The molecule has 0 fully saturated rings. The maximum atomic E-state index is 12.5. The fraction of sp³-hybridized carbons (Fsp3) is 0.250. The number of benzene rings is 1. The predicted octanol–water partition coefficient (Wildman–Crippen LogP) is 3.65. The van der Waals surface area contributed by atoms with E-state index >= 15 is 0 Å². The molecule has 2 rings (SSSR count). The molecule has 21 heavy (non-hydrogen) atoms. The van der Waals surface area contributed by atoms with Crippen molar-refractivity contribution in [2.45, 2.75) is 12.8 Å². The van der Waals surface area contributed by atoms with Gasteiger partial charge in [-0.25, -0.2) is 0 Å². The summed E-state index contributed by atoms with van der Waals surface area (Å²) in [4.78, 5) is 13.0. The summed E-state index contributed by atoms with van der Waals surface area (Å²) in [5, 5.41) is 11.1. The number of ketones is 1. The van der Waals surface area contributed by atoms with Crippen LogP contribution in [-0.2, 0) is 0 Å². The molecular formula is C16H15NO3S. The quantitative estimate of drug-likeness (QED) is 0.764. The second-order valence-electron chi connectivity index (χ2n) is 4.25. The van der Waals surface area contributed by atoms with E-state index in [1.54, 1.807) is 35.7 Å². The van der Waals surface area contributed by atoms with Crippen molar-refractivity contribution in [3.63, 3.8) is 0 Å². The second-order valence-corrected chi connectivity index (χ2v) is 5.16. The van der Waals surface area contributed by atoms with E-state index in [1.165, 1.54) is 18.4 Å². The molecule has 0 saturated heterocycles. The van der Waals surface area contributed by atoms with Crippen LogP contribution in [0.25, 0.3) is 0 Å². The fourth-order valence-corrected chi connectivity index (χ4v) is 2.81. The van der Waals surface area contributed by atoms with E-state index in [4.69, 9.17) is 9.47 Å². The van der Waals surface area contributed by atoms with E-state index in [0.29, 0.717) is 22.8 Å². The summed E-state index contributed by atoms with van der Waals surface area (Å²) in [6, 6.07) is 10.8. The average Bonchev–Trinajstić information content (AvgIpc) is 2.98. The Kier molecular flexibility index (Phi) is 4.96. The molecule has 2 aromatic rings. The molecule has 0 amide bonds. The topological polar surface area (TPSA) is 59.3 Å². The first-order valence-corrected chi connectivity index (χ1v) is 7.37. The van der Waals surface area contributed by atoms with Crippen LogP contribution in [0.4, 0.5) is 0 Å². The number of nitriles is 1. The number of thiophene rings is 1. The van der Waals surface area contributed by atoms with Crippen LogP contribution in [0.2, 0.25) is 0 Å². The predicted molar refractivity (Wildman–Crippen MR) is 81.2 cm³/mol.